The van der Waals surface area contributed by atoms with Gasteiger partial charge in [-0.15, -0.1) is 0 Å². The summed E-state index contributed by atoms with van der Waals surface area (Å²) in [6, 6.07) is 5.83. The molecule has 1 fully saturated rings. The third-order valence-corrected chi connectivity index (χ3v) is 3.06. The Hall–Kier alpha value is -1.23. The first kappa shape index (κ1) is 11.3. The Morgan fingerprint density at radius 3 is 2.44 bits per heavy atom. The van der Waals surface area contributed by atoms with Crippen LogP contribution in [0.1, 0.15) is 6.42 Å². The molecule has 0 atom stereocenters. The highest BCUT2D eigenvalue weighted by atomic mass is 31.2. The van der Waals surface area contributed by atoms with Crippen LogP contribution in [0.5, 0.6) is 5.75 Å². The summed E-state index contributed by atoms with van der Waals surface area (Å²) in [5.41, 5.74) is 0.0330. The monoisotopic (exact) mass is 243 g/mol. The molecule has 1 aliphatic rings. The summed E-state index contributed by atoms with van der Waals surface area (Å²) in [7, 11) is -1.34. The van der Waals surface area contributed by atoms with Gasteiger partial charge in [-0.3, -0.25) is 10.1 Å². The number of hydrogen-bond acceptors (Lipinski definition) is 5. The van der Waals surface area contributed by atoms with E-state index in [1.807, 2.05) is 0 Å². The van der Waals surface area contributed by atoms with E-state index in [2.05, 4.69) is 0 Å². The van der Waals surface area contributed by atoms with Crippen LogP contribution in [-0.4, -0.2) is 18.1 Å². The fraction of sp³-hybridized carbons (Fsp3) is 0.333. The predicted molar refractivity (Wildman–Crippen MR) is 57.2 cm³/mol. The molecule has 1 aromatic carbocycles. The van der Waals surface area contributed by atoms with Gasteiger partial charge >= 0.3 is 8.60 Å². The predicted octanol–water partition coefficient (Wildman–Crippen LogP) is 2.64. The van der Waals surface area contributed by atoms with Crippen LogP contribution in [0, 0.1) is 10.1 Å². The van der Waals surface area contributed by atoms with Crippen molar-refractivity contribution in [1.29, 1.82) is 0 Å². The number of nitro groups is 1. The number of nitrogens with zero attached hydrogens (tertiary/aromatic N) is 1. The van der Waals surface area contributed by atoms with Crippen molar-refractivity contribution < 1.29 is 18.5 Å². The number of rotatable bonds is 3. The summed E-state index contributed by atoms with van der Waals surface area (Å²) < 4.78 is 15.9. The molecular weight excluding hydrogens is 233 g/mol. The molecule has 86 valence electrons. The van der Waals surface area contributed by atoms with Gasteiger partial charge in [-0.25, -0.2) is 0 Å². The average Bonchev–Trinajstić information content (AvgIpc) is 2.31. The number of nitro benzene ring substituents is 1. The largest absolute Gasteiger partial charge is 0.427 e. The van der Waals surface area contributed by atoms with E-state index < -0.39 is 13.5 Å². The molecule has 16 heavy (non-hydrogen) atoms. The summed E-state index contributed by atoms with van der Waals surface area (Å²) in [5, 5.41) is 10.4. The van der Waals surface area contributed by atoms with E-state index in [0.29, 0.717) is 19.0 Å². The fourth-order valence-electron chi connectivity index (χ4n) is 1.14. The van der Waals surface area contributed by atoms with Gasteiger partial charge in [-0.05, 0) is 18.6 Å². The van der Waals surface area contributed by atoms with Crippen molar-refractivity contribution in [3.05, 3.63) is 34.4 Å². The number of benzene rings is 1. The second-order valence-corrected chi connectivity index (χ2v) is 4.23. The maximum Gasteiger partial charge on any atom is 0.397 e. The van der Waals surface area contributed by atoms with Crippen molar-refractivity contribution in [1.82, 2.24) is 0 Å². The quantitative estimate of drug-likeness (QED) is 0.463. The summed E-state index contributed by atoms with van der Waals surface area (Å²) >= 11 is 0. The minimum atomic E-state index is -1.34. The standard InChI is InChI=1S/C9H10NO5P/c11-10(12)8-2-4-9(5-3-8)15-16-13-6-1-7-14-16/h2-5H,1,6-7H2. The molecule has 6 nitrogen and oxygen atoms in total. The molecule has 0 aromatic heterocycles. The highest BCUT2D eigenvalue weighted by molar-refractivity contribution is 7.42. The smallest absolute Gasteiger partial charge is 0.397 e. The molecule has 0 spiro atoms. The van der Waals surface area contributed by atoms with Gasteiger partial charge in [0.05, 0.1) is 18.1 Å². The van der Waals surface area contributed by atoms with Crippen LogP contribution >= 0.6 is 8.60 Å². The van der Waals surface area contributed by atoms with Crippen LogP contribution < -0.4 is 4.52 Å². The van der Waals surface area contributed by atoms with Crippen LogP contribution in [0.15, 0.2) is 24.3 Å². The van der Waals surface area contributed by atoms with Crippen molar-refractivity contribution in [3.8, 4) is 5.75 Å². The van der Waals surface area contributed by atoms with Crippen LogP contribution in [0.3, 0.4) is 0 Å². The SMILES string of the molecule is O=[N+]([O-])c1ccc(OP2OCCCO2)cc1. The average molecular weight is 243 g/mol. The first-order valence-corrected chi connectivity index (χ1v) is 5.83. The molecule has 7 heteroatoms. The van der Waals surface area contributed by atoms with Gasteiger partial charge in [0.15, 0.2) is 0 Å². The zero-order chi connectivity index (χ0) is 11.4. The molecule has 0 N–H and O–H groups in total. The van der Waals surface area contributed by atoms with Gasteiger partial charge < -0.3 is 13.6 Å². The lowest BCUT2D eigenvalue weighted by atomic mass is 10.3. The van der Waals surface area contributed by atoms with E-state index in [-0.39, 0.29) is 5.69 Å². The van der Waals surface area contributed by atoms with Crippen LogP contribution in [0.25, 0.3) is 0 Å². The van der Waals surface area contributed by atoms with Gasteiger partial charge in [-0.2, -0.15) is 0 Å². The molecule has 2 rings (SSSR count). The van der Waals surface area contributed by atoms with Gasteiger partial charge in [0, 0.05) is 12.1 Å². The molecule has 0 amide bonds. The molecule has 0 aliphatic carbocycles. The molecular formula is C9H10NO5P. The highest BCUT2D eigenvalue weighted by Gasteiger charge is 2.18. The lowest BCUT2D eigenvalue weighted by Gasteiger charge is -2.20. The van der Waals surface area contributed by atoms with E-state index in [1.165, 1.54) is 24.3 Å². The Morgan fingerprint density at radius 2 is 1.88 bits per heavy atom. The van der Waals surface area contributed by atoms with Crippen molar-refractivity contribution in [2.75, 3.05) is 13.2 Å². The van der Waals surface area contributed by atoms with Crippen LogP contribution in [-0.2, 0) is 9.05 Å². The summed E-state index contributed by atoms with van der Waals surface area (Å²) in [4.78, 5) is 9.97. The summed E-state index contributed by atoms with van der Waals surface area (Å²) in [6.45, 7) is 1.25. The fourth-order valence-corrected chi connectivity index (χ4v) is 2.17. The van der Waals surface area contributed by atoms with Crippen molar-refractivity contribution >= 4 is 14.3 Å². The zero-order valence-corrected chi connectivity index (χ0v) is 9.26. The molecule has 0 radical (unpaired) electrons. The highest BCUT2D eigenvalue weighted by Crippen LogP contribution is 2.43. The first-order chi connectivity index (χ1) is 7.75. The van der Waals surface area contributed by atoms with Gasteiger partial charge in [0.25, 0.3) is 5.69 Å². The Labute approximate surface area is 93.3 Å². The Kier molecular flexibility index (Phi) is 3.66. The van der Waals surface area contributed by atoms with E-state index in [9.17, 15) is 10.1 Å². The Morgan fingerprint density at radius 1 is 1.25 bits per heavy atom. The molecule has 1 aliphatic heterocycles. The minimum Gasteiger partial charge on any atom is -0.427 e. The van der Waals surface area contributed by atoms with Gasteiger partial charge in [0.1, 0.15) is 5.75 Å². The summed E-state index contributed by atoms with van der Waals surface area (Å²) in [5.74, 6) is 0.513. The van der Waals surface area contributed by atoms with E-state index in [1.54, 1.807) is 0 Å². The number of non-ortho nitro benzene ring substituents is 1. The normalized spacial score (nSPS) is 17.0. The van der Waals surface area contributed by atoms with E-state index >= 15 is 0 Å². The second kappa shape index (κ2) is 5.21. The van der Waals surface area contributed by atoms with Crippen molar-refractivity contribution in [2.45, 2.75) is 6.42 Å². The molecule has 1 heterocycles. The van der Waals surface area contributed by atoms with Gasteiger partial charge in [0.2, 0.25) is 0 Å². The third-order valence-electron chi connectivity index (χ3n) is 1.91. The second-order valence-electron chi connectivity index (χ2n) is 3.09. The minimum absolute atomic E-state index is 0.0330. The Balaban J connectivity index is 1.96. The van der Waals surface area contributed by atoms with Crippen LogP contribution in [0.2, 0.25) is 0 Å². The van der Waals surface area contributed by atoms with E-state index in [0.717, 1.165) is 6.42 Å². The van der Waals surface area contributed by atoms with Crippen molar-refractivity contribution in [2.24, 2.45) is 0 Å². The lowest BCUT2D eigenvalue weighted by molar-refractivity contribution is -0.384. The third kappa shape index (κ3) is 2.88. The Bertz CT molecular complexity index is 363. The topological polar surface area (TPSA) is 70.8 Å². The maximum atomic E-state index is 10.4. The molecule has 0 saturated carbocycles. The van der Waals surface area contributed by atoms with Crippen LogP contribution in [0.4, 0.5) is 5.69 Å². The summed E-state index contributed by atoms with van der Waals surface area (Å²) in [6.07, 6.45) is 0.864. The molecule has 1 aromatic rings. The van der Waals surface area contributed by atoms with Gasteiger partial charge in [-0.1, -0.05) is 0 Å². The number of hydrogen-bond donors (Lipinski definition) is 0. The molecule has 0 bridgehead atoms. The first-order valence-electron chi connectivity index (χ1n) is 4.74. The zero-order valence-electron chi connectivity index (χ0n) is 8.37. The van der Waals surface area contributed by atoms with Crippen molar-refractivity contribution in [3.63, 3.8) is 0 Å². The lowest BCUT2D eigenvalue weighted by Crippen LogP contribution is -2.07. The molecule has 1 saturated heterocycles. The van der Waals surface area contributed by atoms with E-state index in [4.69, 9.17) is 13.6 Å². The maximum absolute atomic E-state index is 10.4. The molecule has 0 unspecified atom stereocenters.